The molecular weight excluding hydrogens is 452 g/mol. The minimum atomic E-state index is -0.643. The minimum absolute atomic E-state index is 0.140. The number of hydrogen-bond acceptors (Lipinski definition) is 5. The second-order valence-electron chi connectivity index (χ2n) is 8.23. The van der Waals surface area contributed by atoms with Crippen molar-refractivity contribution in [3.63, 3.8) is 0 Å². The van der Waals surface area contributed by atoms with Gasteiger partial charge in [-0.2, -0.15) is 0 Å². The molecule has 1 aliphatic heterocycles. The van der Waals surface area contributed by atoms with Crippen molar-refractivity contribution in [3.05, 3.63) is 89.3 Å². The van der Waals surface area contributed by atoms with E-state index in [4.69, 9.17) is 16.0 Å². The third-order valence-corrected chi connectivity index (χ3v) is 6.27. The Morgan fingerprint density at radius 3 is 2.26 bits per heavy atom. The van der Waals surface area contributed by atoms with Crippen LogP contribution in [0.2, 0.25) is 5.02 Å². The van der Waals surface area contributed by atoms with E-state index in [1.165, 1.54) is 5.69 Å². The molecule has 0 radical (unpaired) electrons. The maximum Gasteiger partial charge on any atom is 0.309 e. The molecular formula is C26H29ClN4O3. The van der Waals surface area contributed by atoms with Crippen LogP contribution in [0.25, 0.3) is 0 Å². The van der Waals surface area contributed by atoms with Crippen LogP contribution < -0.4 is 15.5 Å². The third kappa shape index (κ3) is 6.40. The molecule has 34 heavy (non-hydrogen) atoms. The van der Waals surface area contributed by atoms with Crippen LogP contribution >= 0.6 is 11.6 Å². The van der Waals surface area contributed by atoms with Crippen molar-refractivity contribution in [2.75, 3.05) is 44.2 Å². The summed E-state index contributed by atoms with van der Waals surface area (Å²) in [6.07, 6.45) is 2.25. The van der Waals surface area contributed by atoms with Crippen LogP contribution in [-0.2, 0) is 16.0 Å². The normalized spacial score (nSPS) is 15.0. The highest BCUT2D eigenvalue weighted by Gasteiger charge is 2.28. The predicted molar refractivity (Wildman–Crippen MR) is 133 cm³/mol. The zero-order valence-electron chi connectivity index (χ0n) is 19.0. The number of rotatable bonds is 8. The summed E-state index contributed by atoms with van der Waals surface area (Å²) in [5, 5.41) is 6.13. The number of amides is 2. The first kappa shape index (κ1) is 23.9. The highest BCUT2D eigenvalue weighted by molar-refractivity contribution is 6.35. The topological polar surface area (TPSA) is 77.8 Å². The molecule has 1 fully saturated rings. The molecule has 2 aromatic carbocycles. The highest BCUT2D eigenvalue weighted by Crippen LogP contribution is 2.24. The summed E-state index contributed by atoms with van der Waals surface area (Å²) in [4.78, 5) is 29.3. The Bertz CT molecular complexity index is 1050. The molecule has 1 atom stereocenters. The Kier molecular flexibility index (Phi) is 8.22. The maximum atomic E-state index is 12.4. The molecule has 3 aromatic rings. The summed E-state index contributed by atoms with van der Waals surface area (Å²) in [5.41, 5.74) is 2.25. The predicted octanol–water partition coefficient (Wildman–Crippen LogP) is 3.27. The van der Waals surface area contributed by atoms with Gasteiger partial charge in [0.2, 0.25) is 0 Å². The van der Waals surface area contributed by atoms with Crippen molar-refractivity contribution in [1.82, 2.24) is 15.5 Å². The highest BCUT2D eigenvalue weighted by atomic mass is 35.5. The van der Waals surface area contributed by atoms with Gasteiger partial charge in [0, 0.05) is 50.0 Å². The van der Waals surface area contributed by atoms with E-state index >= 15 is 0 Å². The van der Waals surface area contributed by atoms with Gasteiger partial charge in [0.05, 0.1) is 12.3 Å². The molecule has 2 N–H and O–H groups in total. The number of hydrogen-bond donors (Lipinski definition) is 2. The first-order valence-electron chi connectivity index (χ1n) is 11.5. The lowest BCUT2D eigenvalue weighted by Crippen LogP contribution is -2.50. The van der Waals surface area contributed by atoms with Gasteiger partial charge in [0.15, 0.2) is 0 Å². The number of carbonyl (C=O) groups is 2. The number of furan rings is 1. The lowest BCUT2D eigenvalue weighted by Gasteiger charge is -2.39. The van der Waals surface area contributed by atoms with Crippen LogP contribution in [0.4, 0.5) is 5.69 Å². The van der Waals surface area contributed by atoms with E-state index in [0.29, 0.717) is 24.5 Å². The Morgan fingerprint density at radius 1 is 0.882 bits per heavy atom. The maximum absolute atomic E-state index is 12.4. The van der Waals surface area contributed by atoms with Gasteiger partial charge in [-0.1, -0.05) is 41.9 Å². The number of anilines is 1. The average Bonchev–Trinajstić information content (AvgIpc) is 3.41. The first-order valence-corrected chi connectivity index (χ1v) is 11.9. The molecule has 7 nitrogen and oxygen atoms in total. The Labute approximate surface area is 204 Å². The van der Waals surface area contributed by atoms with E-state index in [1.54, 1.807) is 18.4 Å². The van der Waals surface area contributed by atoms with Gasteiger partial charge in [-0.25, -0.2) is 0 Å². The molecule has 8 heteroatoms. The third-order valence-electron chi connectivity index (χ3n) is 6.02. The largest absolute Gasteiger partial charge is 0.468 e. The van der Waals surface area contributed by atoms with E-state index in [-0.39, 0.29) is 6.04 Å². The molecule has 1 aliphatic rings. The molecule has 0 saturated carbocycles. The zero-order valence-corrected chi connectivity index (χ0v) is 19.7. The molecule has 0 bridgehead atoms. The van der Waals surface area contributed by atoms with Crippen molar-refractivity contribution >= 4 is 29.1 Å². The number of halogens is 1. The number of nitrogens with one attached hydrogen (secondary N) is 2. The standard InChI is InChI=1S/C26H29ClN4O3/c27-21-10-8-20(9-11-21)12-13-28-25(32)26(33)29-19-23(24-7-4-18-34-24)31-16-14-30(15-17-31)22-5-2-1-3-6-22/h1-11,18,23H,12-17,19H2,(H,28,32)(H,29,33). The number of nitrogens with zero attached hydrogens (tertiary/aromatic N) is 2. The van der Waals surface area contributed by atoms with Crippen LogP contribution in [0.5, 0.6) is 0 Å². The molecule has 178 valence electrons. The van der Waals surface area contributed by atoms with E-state index in [9.17, 15) is 9.59 Å². The Morgan fingerprint density at radius 2 is 1.59 bits per heavy atom. The van der Waals surface area contributed by atoms with Gasteiger partial charge in [-0.05, 0) is 48.4 Å². The van der Waals surface area contributed by atoms with Crippen molar-refractivity contribution < 1.29 is 14.0 Å². The first-order chi connectivity index (χ1) is 16.6. The van der Waals surface area contributed by atoms with Gasteiger partial charge in [-0.15, -0.1) is 0 Å². The SMILES string of the molecule is O=C(NCCc1ccc(Cl)cc1)C(=O)NCC(c1ccco1)N1CCN(c2ccccc2)CC1. The summed E-state index contributed by atoms with van der Waals surface area (Å²) in [7, 11) is 0. The van der Waals surface area contributed by atoms with Gasteiger partial charge in [-0.3, -0.25) is 14.5 Å². The number of carbonyl (C=O) groups excluding carboxylic acids is 2. The van der Waals surface area contributed by atoms with Gasteiger partial charge < -0.3 is 20.0 Å². The van der Waals surface area contributed by atoms with E-state index in [2.05, 4.69) is 32.6 Å². The number of para-hydroxylation sites is 1. The van der Waals surface area contributed by atoms with Crippen LogP contribution in [0, 0.1) is 0 Å². The van der Waals surface area contributed by atoms with Crippen LogP contribution in [0.1, 0.15) is 17.4 Å². The van der Waals surface area contributed by atoms with Crippen LogP contribution in [0.15, 0.2) is 77.4 Å². The van der Waals surface area contributed by atoms with E-state index in [1.807, 2.05) is 42.5 Å². The van der Waals surface area contributed by atoms with Crippen molar-refractivity contribution in [1.29, 1.82) is 0 Å². The Hall–Kier alpha value is -3.29. The van der Waals surface area contributed by atoms with Gasteiger partial charge >= 0.3 is 11.8 Å². The van der Waals surface area contributed by atoms with E-state index in [0.717, 1.165) is 37.5 Å². The van der Waals surface area contributed by atoms with E-state index < -0.39 is 11.8 Å². The fraction of sp³-hybridized carbons (Fsp3) is 0.308. The summed E-state index contributed by atoms with van der Waals surface area (Å²) in [6.45, 7) is 4.06. The van der Waals surface area contributed by atoms with Gasteiger partial charge in [0.1, 0.15) is 5.76 Å². The average molecular weight is 481 g/mol. The fourth-order valence-corrected chi connectivity index (χ4v) is 4.27. The second-order valence-corrected chi connectivity index (χ2v) is 8.67. The number of piperazine rings is 1. The summed E-state index contributed by atoms with van der Waals surface area (Å²) < 4.78 is 5.66. The van der Waals surface area contributed by atoms with Crippen LogP contribution in [-0.4, -0.2) is 56.0 Å². The fourth-order valence-electron chi connectivity index (χ4n) is 4.14. The molecule has 4 rings (SSSR count). The molecule has 1 saturated heterocycles. The second kappa shape index (κ2) is 11.7. The molecule has 2 heterocycles. The lowest BCUT2D eigenvalue weighted by molar-refractivity contribution is -0.139. The molecule has 1 aromatic heterocycles. The van der Waals surface area contributed by atoms with Crippen molar-refractivity contribution in [2.24, 2.45) is 0 Å². The van der Waals surface area contributed by atoms with Crippen molar-refractivity contribution in [3.8, 4) is 0 Å². The molecule has 1 unspecified atom stereocenters. The molecule has 0 aliphatic carbocycles. The summed E-state index contributed by atoms with van der Waals surface area (Å²) in [6, 6.07) is 21.4. The smallest absolute Gasteiger partial charge is 0.309 e. The van der Waals surface area contributed by atoms with Crippen LogP contribution in [0.3, 0.4) is 0 Å². The summed E-state index contributed by atoms with van der Waals surface area (Å²) >= 11 is 5.89. The van der Waals surface area contributed by atoms with Gasteiger partial charge in [0.25, 0.3) is 0 Å². The quantitative estimate of drug-likeness (QED) is 0.484. The molecule has 0 spiro atoms. The lowest BCUT2D eigenvalue weighted by atomic mass is 10.1. The Balaban J connectivity index is 1.27. The number of benzene rings is 2. The monoisotopic (exact) mass is 480 g/mol. The van der Waals surface area contributed by atoms with Crippen molar-refractivity contribution in [2.45, 2.75) is 12.5 Å². The zero-order chi connectivity index (χ0) is 23.8. The molecule has 2 amide bonds. The summed E-state index contributed by atoms with van der Waals surface area (Å²) in [5.74, 6) is -0.506. The minimum Gasteiger partial charge on any atom is -0.468 e.